The van der Waals surface area contributed by atoms with Gasteiger partial charge < -0.3 is 4.74 Å². The molecule has 3 aromatic rings. The van der Waals surface area contributed by atoms with E-state index in [0.717, 1.165) is 42.1 Å². The Morgan fingerprint density at radius 2 is 1.47 bits per heavy atom. The third-order valence-electron chi connectivity index (χ3n) is 5.44. The van der Waals surface area contributed by atoms with E-state index in [1.54, 1.807) is 7.11 Å². The minimum Gasteiger partial charge on any atom is -0.497 e. The molecule has 1 unspecified atom stereocenters. The highest BCUT2D eigenvalue weighted by Crippen LogP contribution is 2.40. The van der Waals surface area contributed by atoms with Crippen LogP contribution in [0.1, 0.15) is 22.9 Å². The summed E-state index contributed by atoms with van der Waals surface area (Å²) in [7, 11) is 1.67. The smallest absolute Gasteiger partial charge is 0.123 e. The largest absolute Gasteiger partial charge is 0.497 e. The molecular formula is C24H23Cl2FN2O. The van der Waals surface area contributed by atoms with Crippen LogP contribution >= 0.6 is 23.2 Å². The van der Waals surface area contributed by atoms with Gasteiger partial charge in [-0.1, -0.05) is 53.5 Å². The molecule has 1 fully saturated rings. The summed E-state index contributed by atoms with van der Waals surface area (Å²) < 4.78 is 18.7. The molecule has 0 aromatic heterocycles. The minimum absolute atomic E-state index is 0.0811. The van der Waals surface area contributed by atoms with Crippen LogP contribution in [0.4, 0.5) is 4.39 Å². The summed E-state index contributed by atoms with van der Waals surface area (Å²) in [6.07, 6.45) is -0.0811. The molecule has 3 nitrogen and oxygen atoms in total. The van der Waals surface area contributed by atoms with Gasteiger partial charge in [0, 0.05) is 41.8 Å². The lowest BCUT2D eigenvalue weighted by molar-refractivity contribution is 0.126. The summed E-state index contributed by atoms with van der Waals surface area (Å²) in [6.45, 7) is 3.14. The second-order valence-electron chi connectivity index (χ2n) is 7.43. The predicted octanol–water partition coefficient (Wildman–Crippen LogP) is 6.16. The summed E-state index contributed by atoms with van der Waals surface area (Å²) in [4.78, 5) is 4.70. The van der Waals surface area contributed by atoms with Crippen molar-refractivity contribution in [3.8, 4) is 5.75 Å². The molecule has 0 N–H and O–H groups in total. The average molecular weight is 445 g/mol. The van der Waals surface area contributed by atoms with E-state index in [1.807, 2.05) is 48.5 Å². The zero-order valence-corrected chi connectivity index (χ0v) is 18.2. The lowest BCUT2D eigenvalue weighted by Crippen LogP contribution is -2.31. The SMILES string of the molecule is COc1cccc(CN2CCN(Cc3ccc(F)cc3)C2c2c(Cl)cccc2Cl)c1. The molecule has 6 heteroatoms. The van der Waals surface area contributed by atoms with Gasteiger partial charge in [0.05, 0.1) is 13.3 Å². The van der Waals surface area contributed by atoms with Crippen LogP contribution in [0.2, 0.25) is 10.0 Å². The van der Waals surface area contributed by atoms with Crippen molar-refractivity contribution in [1.29, 1.82) is 0 Å². The van der Waals surface area contributed by atoms with Crippen LogP contribution in [0.3, 0.4) is 0 Å². The topological polar surface area (TPSA) is 15.7 Å². The van der Waals surface area contributed by atoms with Gasteiger partial charge in [-0.05, 0) is 47.5 Å². The van der Waals surface area contributed by atoms with E-state index in [4.69, 9.17) is 27.9 Å². The van der Waals surface area contributed by atoms with Crippen LogP contribution in [0.5, 0.6) is 5.75 Å². The minimum atomic E-state index is -0.231. The first-order valence-electron chi connectivity index (χ1n) is 9.84. The van der Waals surface area contributed by atoms with Gasteiger partial charge in [-0.3, -0.25) is 9.80 Å². The number of methoxy groups -OCH3 is 1. The van der Waals surface area contributed by atoms with E-state index in [2.05, 4.69) is 15.9 Å². The normalized spacial score (nSPS) is 17.4. The van der Waals surface area contributed by atoms with Crippen LogP contribution in [0.25, 0.3) is 0 Å². The standard InChI is InChI=1S/C24H23Cl2FN2O/c1-30-20-5-2-4-18(14-20)16-29-13-12-28(15-17-8-10-19(27)11-9-17)24(29)23-21(25)6-3-7-22(23)26/h2-11,14,24H,12-13,15-16H2,1H3. The molecule has 0 bridgehead atoms. The third-order valence-corrected chi connectivity index (χ3v) is 6.10. The molecule has 3 aromatic carbocycles. The zero-order chi connectivity index (χ0) is 21.1. The van der Waals surface area contributed by atoms with E-state index in [9.17, 15) is 4.39 Å². The molecule has 1 atom stereocenters. The molecule has 156 valence electrons. The van der Waals surface area contributed by atoms with Crippen LogP contribution in [-0.4, -0.2) is 30.0 Å². The van der Waals surface area contributed by atoms with Crippen LogP contribution in [0.15, 0.2) is 66.7 Å². The van der Waals surface area contributed by atoms with Crippen molar-refractivity contribution in [2.75, 3.05) is 20.2 Å². The maximum absolute atomic E-state index is 13.3. The Bertz CT molecular complexity index is 992. The number of rotatable bonds is 6. The summed E-state index contributed by atoms with van der Waals surface area (Å²) >= 11 is 13.2. The first-order chi connectivity index (χ1) is 14.5. The van der Waals surface area contributed by atoms with E-state index in [0.29, 0.717) is 16.6 Å². The Kier molecular flexibility index (Phi) is 6.59. The number of benzene rings is 3. The maximum Gasteiger partial charge on any atom is 0.123 e. The summed E-state index contributed by atoms with van der Waals surface area (Å²) in [5, 5.41) is 1.29. The number of hydrogen-bond donors (Lipinski definition) is 0. The monoisotopic (exact) mass is 444 g/mol. The van der Waals surface area contributed by atoms with E-state index in [-0.39, 0.29) is 12.0 Å². The van der Waals surface area contributed by atoms with Crippen molar-refractivity contribution in [3.05, 3.63) is 99.3 Å². The van der Waals surface area contributed by atoms with Crippen LogP contribution in [0, 0.1) is 5.82 Å². The second-order valence-corrected chi connectivity index (χ2v) is 8.24. The Balaban J connectivity index is 1.66. The molecule has 1 aliphatic heterocycles. The fraction of sp³-hybridized carbons (Fsp3) is 0.250. The maximum atomic E-state index is 13.3. The molecule has 0 aliphatic carbocycles. The highest BCUT2D eigenvalue weighted by atomic mass is 35.5. The molecular weight excluding hydrogens is 422 g/mol. The molecule has 4 rings (SSSR count). The Labute approximate surface area is 186 Å². The molecule has 1 aliphatic rings. The Morgan fingerprint density at radius 1 is 0.867 bits per heavy atom. The van der Waals surface area contributed by atoms with Crippen LogP contribution < -0.4 is 4.74 Å². The van der Waals surface area contributed by atoms with E-state index in [1.165, 1.54) is 12.1 Å². The fourth-order valence-electron chi connectivity index (χ4n) is 4.02. The van der Waals surface area contributed by atoms with Crippen molar-refractivity contribution >= 4 is 23.2 Å². The van der Waals surface area contributed by atoms with Crippen molar-refractivity contribution in [3.63, 3.8) is 0 Å². The van der Waals surface area contributed by atoms with Gasteiger partial charge in [-0.2, -0.15) is 0 Å². The molecule has 1 heterocycles. The average Bonchev–Trinajstić information content (AvgIpc) is 3.11. The third kappa shape index (κ3) is 4.62. The van der Waals surface area contributed by atoms with Gasteiger partial charge in [0.2, 0.25) is 0 Å². The second kappa shape index (κ2) is 9.36. The van der Waals surface area contributed by atoms with E-state index < -0.39 is 0 Å². The van der Waals surface area contributed by atoms with Gasteiger partial charge in [0.1, 0.15) is 11.6 Å². The molecule has 0 amide bonds. The van der Waals surface area contributed by atoms with Gasteiger partial charge >= 0.3 is 0 Å². The van der Waals surface area contributed by atoms with Crippen molar-refractivity contribution in [1.82, 2.24) is 9.80 Å². The molecule has 0 saturated carbocycles. The quantitative estimate of drug-likeness (QED) is 0.452. The predicted molar refractivity (Wildman–Crippen MR) is 119 cm³/mol. The lowest BCUT2D eigenvalue weighted by Gasteiger charge is -2.32. The first-order valence-corrected chi connectivity index (χ1v) is 10.6. The zero-order valence-electron chi connectivity index (χ0n) is 16.7. The van der Waals surface area contributed by atoms with Crippen LogP contribution in [-0.2, 0) is 13.1 Å². The highest BCUT2D eigenvalue weighted by Gasteiger charge is 2.35. The van der Waals surface area contributed by atoms with Crippen molar-refractivity contribution < 1.29 is 9.13 Å². The number of nitrogens with zero attached hydrogens (tertiary/aromatic N) is 2. The number of hydrogen-bond acceptors (Lipinski definition) is 3. The Morgan fingerprint density at radius 3 is 2.10 bits per heavy atom. The van der Waals surface area contributed by atoms with Gasteiger partial charge in [0.15, 0.2) is 0 Å². The van der Waals surface area contributed by atoms with E-state index >= 15 is 0 Å². The van der Waals surface area contributed by atoms with Crippen molar-refractivity contribution in [2.45, 2.75) is 19.3 Å². The molecule has 1 saturated heterocycles. The highest BCUT2D eigenvalue weighted by molar-refractivity contribution is 6.36. The fourth-order valence-corrected chi connectivity index (χ4v) is 4.61. The van der Waals surface area contributed by atoms with Gasteiger partial charge in [0.25, 0.3) is 0 Å². The van der Waals surface area contributed by atoms with Gasteiger partial charge in [-0.25, -0.2) is 4.39 Å². The lowest BCUT2D eigenvalue weighted by atomic mass is 10.1. The molecule has 0 spiro atoms. The van der Waals surface area contributed by atoms with Gasteiger partial charge in [-0.15, -0.1) is 0 Å². The van der Waals surface area contributed by atoms with Crippen molar-refractivity contribution in [2.24, 2.45) is 0 Å². The number of halogens is 3. The first kappa shape index (κ1) is 21.1. The Hall–Kier alpha value is -2.11. The molecule has 0 radical (unpaired) electrons. The molecule has 30 heavy (non-hydrogen) atoms. The summed E-state index contributed by atoms with van der Waals surface area (Å²) in [5.74, 6) is 0.604. The summed E-state index contributed by atoms with van der Waals surface area (Å²) in [6, 6.07) is 20.3. The summed E-state index contributed by atoms with van der Waals surface area (Å²) in [5.41, 5.74) is 3.11. The number of ether oxygens (including phenoxy) is 1.